The van der Waals surface area contributed by atoms with Gasteiger partial charge in [-0.05, 0) is 51.8 Å². The molecule has 1 fully saturated rings. The van der Waals surface area contributed by atoms with Gasteiger partial charge in [0.1, 0.15) is 17.5 Å². The summed E-state index contributed by atoms with van der Waals surface area (Å²) in [5, 5.41) is 10.9. The normalized spacial score (nSPS) is 29.0. The van der Waals surface area contributed by atoms with Crippen LogP contribution in [0.5, 0.6) is 5.75 Å². The molecular formula is C17H25NO2. The molecule has 1 aromatic rings. The van der Waals surface area contributed by atoms with Crippen LogP contribution < -0.4 is 4.74 Å². The smallest absolute Gasteiger partial charge is 0.129 e. The first-order valence-electron chi connectivity index (χ1n) is 7.77. The van der Waals surface area contributed by atoms with Crippen molar-refractivity contribution in [1.82, 2.24) is 4.90 Å². The molecule has 2 aliphatic heterocycles. The number of aliphatic hydroxyl groups is 1. The van der Waals surface area contributed by atoms with Gasteiger partial charge in [-0.2, -0.15) is 0 Å². The Balaban J connectivity index is 2.03. The van der Waals surface area contributed by atoms with Crippen LogP contribution in [0.4, 0.5) is 0 Å². The lowest BCUT2D eigenvalue weighted by molar-refractivity contribution is -0.0762. The van der Waals surface area contributed by atoms with E-state index in [-0.39, 0.29) is 11.6 Å². The molecule has 110 valence electrons. The zero-order chi connectivity index (χ0) is 14.3. The van der Waals surface area contributed by atoms with Crippen molar-refractivity contribution < 1.29 is 9.84 Å². The predicted molar refractivity (Wildman–Crippen MR) is 80.1 cm³/mol. The average Bonchev–Trinajstić information content (AvgIpc) is 2.91. The highest BCUT2D eigenvalue weighted by molar-refractivity contribution is 5.46. The molecule has 0 amide bonds. The van der Waals surface area contributed by atoms with E-state index in [0.717, 1.165) is 30.8 Å². The van der Waals surface area contributed by atoms with Gasteiger partial charge in [-0.1, -0.05) is 25.1 Å². The van der Waals surface area contributed by atoms with Crippen LogP contribution in [-0.4, -0.2) is 34.7 Å². The van der Waals surface area contributed by atoms with Crippen molar-refractivity contribution in [2.45, 2.75) is 57.8 Å². The third kappa shape index (κ3) is 2.13. The largest absolute Gasteiger partial charge is 0.485 e. The van der Waals surface area contributed by atoms with Crippen LogP contribution in [-0.2, 0) is 6.42 Å². The molecule has 20 heavy (non-hydrogen) atoms. The first kappa shape index (κ1) is 13.9. The number of benzene rings is 1. The molecule has 2 heterocycles. The van der Waals surface area contributed by atoms with Gasteiger partial charge in [-0.15, -0.1) is 0 Å². The summed E-state index contributed by atoms with van der Waals surface area (Å²) in [6.45, 7) is 8.47. The maximum Gasteiger partial charge on any atom is 0.129 e. The maximum atomic E-state index is 10.9. The molecule has 0 aromatic heterocycles. The van der Waals surface area contributed by atoms with Crippen LogP contribution in [0.15, 0.2) is 18.2 Å². The minimum Gasteiger partial charge on any atom is -0.485 e. The van der Waals surface area contributed by atoms with Crippen molar-refractivity contribution in [3.05, 3.63) is 29.3 Å². The molecule has 0 bridgehead atoms. The highest BCUT2D eigenvalue weighted by atomic mass is 16.5. The Morgan fingerprint density at radius 1 is 1.30 bits per heavy atom. The Hall–Kier alpha value is -1.06. The second-order valence-corrected chi connectivity index (χ2v) is 6.53. The molecule has 2 aliphatic rings. The molecule has 1 N–H and O–H groups in total. The first-order valence-corrected chi connectivity index (χ1v) is 7.77. The summed E-state index contributed by atoms with van der Waals surface area (Å²) in [6.07, 6.45) is 2.92. The van der Waals surface area contributed by atoms with Crippen LogP contribution in [0.25, 0.3) is 0 Å². The van der Waals surface area contributed by atoms with E-state index in [4.69, 9.17) is 4.74 Å². The fraction of sp³-hybridized carbons (Fsp3) is 0.647. The van der Waals surface area contributed by atoms with Gasteiger partial charge in [0, 0.05) is 5.56 Å². The molecule has 3 rings (SSSR count). The second kappa shape index (κ2) is 5.05. The maximum absolute atomic E-state index is 10.9. The third-order valence-corrected chi connectivity index (χ3v) is 4.74. The van der Waals surface area contributed by atoms with E-state index in [0.29, 0.717) is 0 Å². The van der Waals surface area contributed by atoms with Crippen LogP contribution >= 0.6 is 0 Å². The Morgan fingerprint density at radius 2 is 2.00 bits per heavy atom. The van der Waals surface area contributed by atoms with Crippen molar-refractivity contribution >= 4 is 0 Å². The van der Waals surface area contributed by atoms with Gasteiger partial charge < -0.3 is 9.84 Å². The van der Waals surface area contributed by atoms with Crippen molar-refractivity contribution in [3.63, 3.8) is 0 Å². The lowest BCUT2D eigenvalue weighted by atomic mass is 9.84. The molecule has 1 aromatic carbocycles. The summed E-state index contributed by atoms with van der Waals surface area (Å²) < 4.78 is 6.34. The highest BCUT2D eigenvalue weighted by Gasteiger charge is 2.47. The molecule has 3 heteroatoms. The van der Waals surface area contributed by atoms with Gasteiger partial charge in [0.15, 0.2) is 0 Å². The van der Waals surface area contributed by atoms with Crippen LogP contribution in [0.3, 0.4) is 0 Å². The van der Waals surface area contributed by atoms with E-state index in [1.165, 1.54) is 18.4 Å². The zero-order valence-electron chi connectivity index (χ0n) is 12.7. The third-order valence-electron chi connectivity index (χ3n) is 4.74. The SMILES string of the molecule is CCc1cccc2c1OC(C)(C)C(N1CCCC1)C2O. The number of nitrogens with zero attached hydrogens (tertiary/aromatic N) is 1. The Labute approximate surface area is 121 Å². The molecule has 0 aliphatic carbocycles. The van der Waals surface area contributed by atoms with E-state index < -0.39 is 6.10 Å². The van der Waals surface area contributed by atoms with Crippen LogP contribution in [0.1, 0.15) is 50.8 Å². The number of rotatable bonds is 2. The molecule has 1 saturated heterocycles. The summed E-state index contributed by atoms with van der Waals surface area (Å²) in [7, 11) is 0. The number of para-hydroxylation sites is 1. The Kier molecular flexibility index (Phi) is 3.51. The van der Waals surface area contributed by atoms with Crippen molar-refractivity contribution in [3.8, 4) is 5.75 Å². The number of hydrogen-bond acceptors (Lipinski definition) is 3. The standard InChI is InChI=1S/C17H25NO2/c1-4-12-8-7-9-13-14(19)16(18-10-5-6-11-18)17(2,3)20-15(12)13/h7-9,14,16,19H,4-6,10-11H2,1-3H3. The van der Waals surface area contributed by atoms with Gasteiger partial charge in [-0.3, -0.25) is 4.90 Å². The van der Waals surface area contributed by atoms with E-state index in [9.17, 15) is 5.11 Å². The number of hydrogen-bond donors (Lipinski definition) is 1. The average molecular weight is 275 g/mol. The Morgan fingerprint density at radius 3 is 2.65 bits per heavy atom. The second-order valence-electron chi connectivity index (χ2n) is 6.53. The molecular weight excluding hydrogens is 250 g/mol. The molecule has 0 spiro atoms. The van der Waals surface area contributed by atoms with Gasteiger partial charge in [0.2, 0.25) is 0 Å². The molecule has 3 nitrogen and oxygen atoms in total. The summed E-state index contributed by atoms with van der Waals surface area (Å²) in [5.74, 6) is 0.906. The summed E-state index contributed by atoms with van der Waals surface area (Å²) >= 11 is 0. The quantitative estimate of drug-likeness (QED) is 0.901. The van der Waals surface area contributed by atoms with Crippen LogP contribution in [0.2, 0.25) is 0 Å². The van der Waals surface area contributed by atoms with Crippen LogP contribution in [0, 0.1) is 0 Å². The van der Waals surface area contributed by atoms with Crippen molar-refractivity contribution in [2.75, 3.05) is 13.1 Å². The van der Waals surface area contributed by atoms with Gasteiger partial charge >= 0.3 is 0 Å². The Bertz CT molecular complexity index is 492. The zero-order valence-corrected chi connectivity index (χ0v) is 12.7. The number of likely N-dealkylation sites (tertiary alicyclic amines) is 1. The topological polar surface area (TPSA) is 32.7 Å². The molecule has 0 radical (unpaired) electrons. The molecule has 2 unspecified atom stereocenters. The highest BCUT2D eigenvalue weighted by Crippen LogP contribution is 2.44. The number of fused-ring (bicyclic) bond motifs is 1. The monoisotopic (exact) mass is 275 g/mol. The van der Waals surface area contributed by atoms with Gasteiger partial charge in [0.25, 0.3) is 0 Å². The fourth-order valence-electron chi connectivity index (χ4n) is 3.77. The summed E-state index contributed by atoms with van der Waals surface area (Å²) in [6, 6.07) is 6.18. The van der Waals surface area contributed by atoms with Gasteiger partial charge in [0.05, 0.1) is 6.04 Å². The van der Waals surface area contributed by atoms with Gasteiger partial charge in [-0.25, -0.2) is 0 Å². The summed E-state index contributed by atoms with van der Waals surface area (Å²) in [5.41, 5.74) is 1.79. The minimum atomic E-state index is -0.460. The lowest BCUT2D eigenvalue weighted by Crippen LogP contribution is -2.57. The lowest BCUT2D eigenvalue weighted by Gasteiger charge is -2.47. The molecule has 2 atom stereocenters. The predicted octanol–water partition coefficient (Wildman–Crippen LogP) is 2.92. The van der Waals surface area contributed by atoms with E-state index in [2.05, 4.69) is 31.7 Å². The number of aryl methyl sites for hydroxylation is 1. The summed E-state index contributed by atoms with van der Waals surface area (Å²) in [4.78, 5) is 2.40. The molecule has 0 saturated carbocycles. The fourth-order valence-corrected chi connectivity index (χ4v) is 3.77. The van der Waals surface area contributed by atoms with Crippen molar-refractivity contribution in [1.29, 1.82) is 0 Å². The van der Waals surface area contributed by atoms with E-state index >= 15 is 0 Å². The number of aliphatic hydroxyl groups excluding tert-OH is 1. The number of ether oxygens (including phenoxy) is 1. The first-order chi connectivity index (χ1) is 9.54. The van der Waals surface area contributed by atoms with E-state index in [1.807, 2.05) is 12.1 Å². The van der Waals surface area contributed by atoms with E-state index in [1.54, 1.807) is 0 Å². The van der Waals surface area contributed by atoms with Crippen molar-refractivity contribution in [2.24, 2.45) is 0 Å². The minimum absolute atomic E-state index is 0.0459.